The number of nitrogens with zero attached hydrogens (tertiary/aromatic N) is 2. The fourth-order valence-corrected chi connectivity index (χ4v) is 5.30. The van der Waals surface area contributed by atoms with Gasteiger partial charge in [-0.1, -0.05) is 25.7 Å². The number of hydrogen-bond donors (Lipinski definition) is 2. The molecule has 0 amide bonds. The van der Waals surface area contributed by atoms with Crippen LogP contribution >= 0.6 is 24.0 Å². The van der Waals surface area contributed by atoms with Crippen molar-refractivity contribution in [1.82, 2.24) is 15.5 Å². The van der Waals surface area contributed by atoms with Gasteiger partial charge in [-0.3, -0.25) is 9.89 Å². The van der Waals surface area contributed by atoms with E-state index in [0.717, 1.165) is 57.4 Å². The molecule has 0 spiro atoms. The number of hydrogen-bond acceptors (Lipinski definition) is 4. The molecular weight excluding hydrogens is 503 g/mol. The van der Waals surface area contributed by atoms with Crippen molar-refractivity contribution in [1.29, 1.82) is 0 Å². The topological polar surface area (TPSA) is 62.0 Å². The number of halogens is 1. The Hall–Kier alpha value is -0.800. The van der Waals surface area contributed by atoms with Crippen LogP contribution in [0.4, 0.5) is 0 Å². The molecule has 1 atom stereocenters. The van der Waals surface area contributed by atoms with Crippen molar-refractivity contribution in [3.63, 3.8) is 0 Å². The van der Waals surface area contributed by atoms with Crippen molar-refractivity contribution in [3.05, 3.63) is 24.2 Å². The van der Waals surface area contributed by atoms with E-state index < -0.39 is 0 Å². The van der Waals surface area contributed by atoms with Crippen LogP contribution in [-0.4, -0.2) is 62.3 Å². The number of likely N-dealkylation sites (tertiary alicyclic amines) is 1. The number of piperidine rings is 1. The molecule has 7 heteroatoms. The summed E-state index contributed by atoms with van der Waals surface area (Å²) in [6.07, 6.45) is 14.5. The summed E-state index contributed by atoms with van der Waals surface area (Å²) in [5.74, 6) is 2.56. The quantitative estimate of drug-likeness (QED) is 0.292. The Labute approximate surface area is 205 Å². The molecule has 1 aliphatic carbocycles. The molecule has 3 fully saturated rings. The maximum atomic E-state index is 5.55. The zero-order chi connectivity index (χ0) is 20.5. The summed E-state index contributed by atoms with van der Waals surface area (Å²) in [7, 11) is 0. The van der Waals surface area contributed by atoms with Crippen LogP contribution < -0.4 is 10.6 Å². The van der Waals surface area contributed by atoms with Gasteiger partial charge in [0.05, 0.1) is 19.4 Å². The average molecular weight is 545 g/mol. The third-order valence-corrected chi connectivity index (χ3v) is 7.17. The Bertz CT molecular complexity index is 634. The van der Waals surface area contributed by atoms with Gasteiger partial charge in [0.1, 0.15) is 5.76 Å². The van der Waals surface area contributed by atoms with Crippen molar-refractivity contribution in [3.8, 4) is 0 Å². The van der Waals surface area contributed by atoms with Crippen LogP contribution in [0.3, 0.4) is 0 Å². The van der Waals surface area contributed by atoms with E-state index in [-0.39, 0.29) is 29.5 Å². The molecule has 0 radical (unpaired) electrons. The van der Waals surface area contributed by atoms with Gasteiger partial charge in [-0.05, 0) is 57.3 Å². The zero-order valence-electron chi connectivity index (χ0n) is 18.9. The van der Waals surface area contributed by atoms with E-state index in [0.29, 0.717) is 5.92 Å². The Morgan fingerprint density at radius 3 is 2.61 bits per heavy atom. The lowest BCUT2D eigenvalue weighted by Gasteiger charge is -2.47. The molecule has 1 saturated carbocycles. The van der Waals surface area contributed by atoms with E-state index >= 15 is 0 Å². The predicted octanol–water partition coefficient (Wildman–Crippen LogP) is 4.20. The third kappa shape index (κ3) is 7.35. The third-order valence-electron chi connectivity index (χ3n) is 7.17. The van der Waals surface area contributed by atoms with Gasteiger partial charge >= 0.3 is 0 Å². The first-order valence-electron chi connectivity index (χ1n) is 12.2. The van der Waals surface area contributed by atoms with E-state index in [1.54, 1.807) is 6.26 Å². The van der Waals surface area contributed by atoms with Gasteiger partial charge in [0.2, 0.25) is 0 Å². The van der Waals surface area contributed by atoms with Gasteiger partial charge in [-0.2, -0.15) is 0 Å². The standard InChI is InChI=1S/C24H40N4O2.HI/c1-3-11-24(12-4-1,28-14-5-2-6-15-28)20-27-23(26-18-21-10-17-29-19-21)25-13-9-22-8-7-16-30-22;/h7-8,16,21H,1-6,9-15,17-20H2,(H2,25,26,27);1H. The molecule has 0 aromatic carbocycles. The molecule has 1 aromatic heterocycles. The molecule has 2 N–H and O–H groups in total. The summed E-state index contributed by atoms with van der Waals surface area (Å²) in [6.45, 7) is 6.94. The minimum atomic E-state index is 0. The minimum absolute atomic E-state index is 0. The van der Waals surface area contributed by atoms with Crippen molar-refractivity contribution >= 4 is 29.9 Å². The van der Waals surface area contributed by atoms with Gasteiger partial charge < -0.3 is 19.8 Å². The van der Waals surface area contributed by atoms with Crippen LogP contribution in [0.25, 0.3) is 0 Å². The van der Waals surface area contributed by atoms with Crippen LogP contribution in [0, 0.1) is 5.92 Å². The molecule has 3 aliphatic rings. The Balaban J connectivity index is 0.00000272. The van der Waals surface area contributed by atoms with Crippen LogP contribution in [0.2, 0.25) is 0 Å². The summed E-state index contributed by atoms with van der Waals surface area (Å²) in [5, 5.41) is 7.17. The number of aliphatic imine (C=N–C) groups is 1. The van der Waals surface area contributed by atoms with Crippen molar-refractivity contribution < 1.29 is 9.15 Å². The van der Waals surface area contributed by atoms with E-state index in [2.05, 4.69) is 15.5 Å². The highest BCUT2D eigenvalue weighted by Crippen LogP contribution is 2.35. The normalized spacial score (nSPS) is 24.5. The molecule has 0 bridgehead atoms. The predicted molar refractivity (Wildman–Crippen MR) is 136 cm³/mol. The fraction of sp³-hybridized carbons (Fsp3) is 0.792. The Morgan fingerprint density at radius 1 is 1.10 bits per heavy atom. The van der Waals surface area contributed by atoms with E-state index in [1.165, 1.54) is 64.5 Å². The first-order chi connectivity index (χ1) is 14.8. The van der Waals surface area contributed by atoms with Crippen molar-refractivity contribution in [2.24, 2.45) is 10.9 Å². The van der Waals surface area contributed by atoms with Crippen LogP contribution in [0.15, 0.2) is 27.8 Å². The molecule has 4 rings (SSSR count). The molecule has 2 aliphatic heterocycles. The lowest BCUT2D eigenvalue weighted by molar-refractivity contribution is 0.0407. The lowest BCUT2D eigenvalue weighted by atomic mass is 9.79. The first kappa shape index (κ1) is 24.8. The van der Waals surface area contributed by atoms with E-state index in [4.69, 9.17) is 14.1 Å². The molecule has 176 valence electrons. The molecule has 1 aromatic rings. The van der Waals surface area contributed by atoms with Crippen LogP contribution in [0.1, 0.15) is 63.5 Å². The number of nitrogens with one attached hydrogen (secondary N) is 2. The smallest absolute Gasteiger partial charge is 0.191 e. The number of guanidine groups is 1. The fourth-order valence-electron chi connectivity index (χ4n) is 5.30. The van der Waals surface area contributed by atoms with Gasteiger partial charge in [0, 0.05) is 37.6 Å². The second kappa shape index (κ2) is 13.0. The molecular formula is C24H41IN4O2. The Morgan fingerprint density at radius 2 is 1.90 bits per heavy atom. The summed E-state index contributed by atoms with van der Waals surface area (Å²) in [5.41, 5.74) is 0.269. The number of rotatable bonds is 8. The summed E-state index contributed by atoms with van der Waals surface area (Å²) in [6, 6.07) is 3.99. The van der Waals surface area contributed by atoms with Crippen LogP contribution in [0.5, 0.6) is 0 Å². The van der Waals surface area contributed by atoms with E-state index in [9.17, 15) is 0 Å². The number of furan rings is 1. The SMILES string of the molecule is I.c1coc(CCNC(=NCC2(N3CCCCC3)CCCCC2)NCC2CCOC2)c1. The molecule has 1 unspecified atom stereocenters. The second-order valence-corrected chi connectivity index (χ2v) is 9.36. The molecule has 3 heterocycles. The minimum Gasteiger partial charge on any atom is -0.469 e. The summed E-state index contributed by atoms with van der Waals surface area (Å²) < 4.78 is 11.0. The number of ether oxygens (including phenoxy) is 1. The van der Waals surface area contributed by atoms with Crippen molar-refractivity contribution in [2.75, 3.05) is 45.9 Å². The highest BCUT2D eigenvalue weighted by molar-refractivity contribution is 14.0. The Kier molecular flexibility index (Phi) is 10.4. The summed E-state index contributed by atoms with van der Waals surface area (Å²) >= 11 is 0. The monoisotopic (exact) mass is 544 g/mol. The summed E-state index contributed by atoms with van der Waals surface area (Å²) in [4.78, 5) is 7.94. The molecule has 6 nitrogen and oxygen atoms in total. The van der Waals surface area contributed by atoms with Gasteiger partial charge in [0.15, 0.2) is 5.96 Å². The van der Waals surface area contributed by atoms with Gasteiger partial charge in [-0.15, -0.1) is 24.0 Å². The first-order valence-corrected chi connectivity index (χ1v) is 12.2. The zero-order valence-corrected chi connectivity index (χ0v) is 21.3. The lowest BCUT2D eigenvalue weighted by Crippen LogP contribution is -2.55. The maximum Gasteiger partial charge on any atom is 0.191 e. The van der Waals surface area contributed by atoms with Crippen LogP contribution in [-0.2, 0) is 11.2 Å². The van der Waals surface area contributed by atoms with E-state index in [1.807, 2.05) is 12.1 Å². The maximum absolute atomic E-state index is 5.55. The largest absolute Gasteiger partial charge is 0.469 e. The second-order valence-electron chi connectivity index (χ2n) is 9.36. The average Bonchev–Trinajstić information content (AvgIpc) is 3.51. The van der Waals surface area contributed by atoms with Gasteiger partial charge in [-0.25, -0.2) is 0 Å². The highest BCUT2D eigenvalue weighted by atomic mass is 127. The molecule has 2 saturated heterocycles. The molecule has 31 heavy (non-hydrogen) atoms. The highest BCUT2D eigenvalue weighted by Gasteiger charge is 2.38. The van der Waals surface area contributed by atoms with Crippen molar-refractivity contribution in [2.45, 2.75) is 69.7 Å². The van der Waals surface area contributed by atoms with Gasteiger partial charge in [0.25, 0.3) is 0 Å².